The van der Waals surface area contributed by atoms with E-state index in [9.17, 15) is 4.79 Å². The van der Waals surface area contributed by atoms with Gasteiger partial charge in [-0.15, -0.1) is 0 Å². The summed E-state index contributed by atoms with van der Waals surface area (Å²) in [4.78, 5) is 10.5. The Balaban J connectivity index is 1.84. The molecule has 0 radical (unpaired) electrons. The molecule has 0 fully saturated rings. The molecular formula is C31H51O4S+. The van der Waals surface area contributed by atoms with Crippen LogP contribution in [-0.4, -0.2) is 27.7 Å². The van der Waals surface area contributed by atoms with Crippen LogP contribution in [0.1, 0.15) is 121 Å². The van der Waals surface area contributed by atoms with E-state index in [1.54, 1.807) is 0 Å². The zero-order valence-corrected chi connectivity index (χ0v) is 25.0. The summed E-state index contributed by atoms with van der Waals surface area (Å²) in [6, 6.07) is 0. The van der Waals surface area contributed by atoms with E-state index in [0.717, 1.165) is 50.0 Å². The maximum Gasteiger partial charge on any atom is 0.303 e. The van der Waals surface area contributed by atoms with E-state index in [1.807, 2.05) is 0 Å². The third kappa shape index (κ3) is 9.04. The van der Waals surface area contributed by atoms with Crippen LogP contribution in [0.25, 0.3) is 0 Å². The van der Waals surface area contributed by atoms with Crippen molar-refractivity contribution in [2.45, 2.75) is 136 Å². The lowest BCUT2D eigenvalue weighted by Crippen LogP contribution is -2.35. The molecule has 1 aliphatic rings. The highest BCUT2D eigenvalue weighted by molar-refractivity contribution is 7.93. The molecule has 0 aliphatic carbocycles. The first-order valence-corrected chi connectivity index (χ1v) is 15.5. The monoisotopic (exact) mass is 519 g/mol. The predicted octanol–water partition coefficient (Wildman–Crippen LogP) is 8.58. The molecule has 0 aromatic heterocycles. The largest absolute Gasteiger partial charge is 0.483 e. The van der Waals surface area contributed by atoms with Gasteiger partial charge in [0.1, 0.15) is 17.6 Å². The molecule has 1 N–H and O–H groups in total. The van der Waals surface area contributed by atoms with Gasteiger partial charge in [-0.1, -0.05) is 44.6 Å². The van der Waals surface area contributed by atoms with Crippen LogP contribution in [0.4, 0.5) is 0 Å². The van der Waals surface area contributed by atoms with Gasteiger partial charge in [0.15, 0.2) is 21.7 Å². The molecule has 2 rings (SSSR count). The van der Waals surface area contributed by atoms with Crippen LogP contribution in [0.5, 0.6) is 11.5 Å². The summed E-state index contributed by atoms with van der Waals surface area (Å²) in [5.41, 5.74) is 4.70. The molecule has 0 saturated carbocycles. The highest BCUT2D eigenvalue weighted by Crippen LogP contribution is 2.45. The van der Waals surface area contributed by atoms with Crippen molar-refractivity contribution in [1.82, 2.24) is 0 Å². The molecule has 5 heteroatoms. The van der Waals surface area contributed by atoms with Crippen LogP contribution in [0, 0.1) is 20.8 Å². The Labute approximate surface area is 223 Å². The zero-order chi connectivity index (χ0) is 26.9. The third-order valence-corrected chi connectivity index (χ3v) is 9.71. The van der Waals surface area contributed by atoms with Crippen molar-refractivity contribution in [2.75, 3.05) is 6.26 Å². The normalized spacial score (nSPS) is 18.7. The second-order valence-electron chi connectivity index (χ2n) is 11.7. The van der Waals surface area contributed by atoms with Crippen molar-refractivity contribution < 1.29 is 18.8 Å². The Bertz CT molecular complexity index is 899. The Morgan fingerprint density at radius 1 is 1.00 bits per heavy atom. The van der Waals surface area contributed by atoms with Gasteiger partial charge in [0, 0.05) is 23.1 Å². The van der Waals surface area contributed by atoms with Crippen LogP contribution in [-0.2, 0) is 22.4 Å². The fourth-order valence-electron chi connectivity index (χ4n) is 4.68. The number of allylic oxidation sites excluding steroid dienone is 1. The van der Waals surface area contributed by atoms with Gasteiger partial charge >= 0.3 is 5.97 Å². The number of unbranched alkanes of at least 4 members (excludes halogenated alkanes) is 8. The first-order valence-electron chi connectivity index (χ1n) is 13.9. The van der Waals surface area contributed by atoms with E-state index in [0.29, 0.717) is 6.42 Å². The molecule has 4 nitrogen and oxygen atoms in total. The molecule has 1 aliphatic heterocycles. The van der Waals surface area contributed by atoms with E-state index in [4.69, 9.17) is 14.0 Å². The van der Waals surface area contributed by atoms with E-state index in [-0.39, 0.29) is 21.5 Å². The molecule has 1 heterocycles. The molecule has 36 heavy (non-hydrogen) atoms. The van der Waals surface area contributed by atoms with Crippen LogP contribution < -0.4 is 8.92 Å². The summed E-state index contributed by atoms with van der Waals surface area (Å²) < 4.78 is 13.3. The van der Waals surface area contributed by atoms with E-state index < -0.39 is 5.97 Å². The maximum absolute atomic E-state index is 10.5. The molecule has 0 spiro atoms. The van der Waals surface area contributed by atoms with Crippen LogP contribution in [0.15, 0.2) is 12.2 Å². The fraction of sp³-hybridized carbons (Fsp3) is 0.710. The Morgan fingerprint density at radius 2 is 1.58 bits per heavy atom. The second-order valence-corrected chi connectivity index (χ2v) is 14.0. The van der Waals surface area contributed by atoms with Gasteiger partial charge in [-0.25, -0.2) is 0 Å². The van der Waals surface area contributed by atoms with Crippen molar-refractivity contribution in [2.24, 2.45) is 0 Å². The molecule has 2 atom stereocenters. The molecule has 1 aromatic carbocycles. The lowest BCUT2D eigenvalue weighted by molar-refractivity contribution is -0.137. The summed E-state index contributed by atoms with van der Waals surface area (Å²) in [6.45, 7) is 15.5. The van der Waals surface area contributed by atoms with Gasteiger partial charge in [0.25, 0.3) is 0 Å². The van der Waals surface area contributed by atoms with E-state index in [1.165, 1.54) is 54.4 Å². The van der Waals surface area contributed by atoms with Crippen molar-refractivity contribution in [3.63, 3.8) is 0 Å². The minimum Gasteiger partial charge on any atom is -0.483 e. The number of carboxylic acids is 1. The number of carboxylic acid groups (broad SMARTS) is 1. The van der Waals surface area contributed by atoms with Gasteiger partial charge < -0.3 is 9.84 Å². The quantitative estimate of drug-likeness (QED) is 0.152. The standard InChI is InChI=1S/C31H50O4S/c1-23-24(2)29-26(25(3)28(23)35-36(8)30(4,5)6)20-22-31(7,34-29)21-18-16-14-12-10-9-11-13-15-17-19-27(32)33/h18,21H,9-17,19-20,22H2,1-8H3/p+1/b21-18+/t31-,36?/m1/s1. The highest BCUT2D eigenvalue weighted by atomic mass is 32.2. The van der Waals surface area contributed by atoms with Crippen LogP contribution in [0.2, 0.25) is 0 Å². The fourth-order valence-corrected chi connectivity index (χ4v) is 5.43. The Morgan fingerprint density at radius 3 is 2.17 bits per heavy atom. The molecule has 0 saturated heterocycles. The SMILES string of the molecule is Cc1c(C)c2c(c(C)c1O[S+](C)C(C)(C)C)CC[C@@](C)(/C=C/CCCCCCCCCCC(=O)O)O2. The third-order valence-electron chi connectivity index (χ3n) is 7.57. The molecule has 204 valence electrons. The van der Waals surface area contributed by atoms with Gasteiger partial charge in [-0.05, 0) is 92.2 Å². The first kappa shape index (κ1) is 30.6. The number of ether oxygens (including phenoxy) is 1. The number of carbonyl (C=O) groups is 1. The summed E-state index contributed by atoms with van der Waals surface area (Å²) in [5.74, 6) is 1.44. The van der Waals surface area contributed by atoms with Gasteiger partial charge in [0.05, 0.1) is 0 Å². The summed E-state index contributed by atoms with van der Waals surface area (Å²) >= 11 is -0.168. The lowest BCUT2D eigenvalue weighted by Gasteiger charge is -2.36. The minimum absolute atomic E-state index is 0.117. The van der Waals surface area contributed by atoms with Gasteiger partial charge in [-0.2, -0.15) is 0 Å². The molecule has 0 amide bonds. The number of hydrogen-bond acceptors (Lipinski definition) is 3. The Kier molecular flexibility index (Phi) is 11.7. The average Bonchev–Trinajstić information content (AvgIpc) is 2.80. The summed E-state index contributed by atoms with van der Waals surface area (Å²) in [6.07, 6.45) is 19.4. The Hall–Kier alpha value is -1.62. The molecular weight excluding hydrogens is 468 g/mol. The molecule has 1 aromatic rings. The molecule has 0 bridgehead atoms. The number of hydrogen-bond donors (Lipinski definition) is 1. The van der Waals surface area contributed by atoms with Crippen molar-refractivity contribution in [3.05, 3.63) is 34.4 Å². The average molecular weight is 520 g/mol. The maximum atomic E-state index is 10.5. The second kappa shape index (κ2) is 13.8. The number of benzene rings is 1. The van der Waals surface area contributed by atoms with E-state index in [2.05, 4.69) is 66.9 Å². The number of aliphatic carboxylic acids is 1. The zero-order valence-electron chi connectivity index (χ0n) is 24.2. The molecule has 1 unspecified atom stereocenters. The summed E-state index contributed by atoms with van der Waals surface area (Å²) in [7, 11) is 0. The number of rotatable bonds is 14. The highest BCUT2D eigenvalue weighted by Gasteiger charge is 2.37. The summed E-state index contributed by atoms with van der Waals surface area (Å²) in [5, 5.41) is 8.67. The predicted molar refractivity (Wildman–Crippen MR) is 155 cm³/mol. The number of fused-ring (bicyclic) bond motifs is 1. The van der Waals surface area contributed by atoms with Crippen molar-refractivity contribution >= 4 is 17.1 Å². The van der Waals surface area contributed by atoms with Gasteiger partial charge in [-0.3, -0.25) is 8.98 Å². The lowest BCUT2D eigenvalue weighted by atomic mass is 9.87. The first-order chi connectivity index (χ1) is 16.9. The van der Waals surface area contributed by atoms with Crippen molar-refractivity contribution in [3.8, 4) is 11.5 Å². The van der Waals surface area contributed by atoms with Crippen LogP contribution >= 0.6 is 0 Å². The van der Waals surface area contributed by atoms with Gasteiger partial charge in [0.2, 0.25) is 0 Å². The minimum atomic E-state index is -0.676. The van der Waals surface area contributed by atoms with Crippen LogP contribution in [0.3, 0.4) is 0 Å². The van der Waals surface area contributed by atoms with E-state index >= 15 is 0 Å². The smallest absolute Gasteiger partial charge is 0.303 e. The van der Waals surface area contributed by atoms with Crippen molar-refractivity contribution in [1.29, 1.82) is 0 Å². The topological polar surface area (TPSA) is 55.8 Å².